The van der Waals surface area contributed by atoms with E-state index in [9.17, 15) is 5.11 Å². The van der Waals surface area contributed by atoms with Crippen LogP contribution in [-0.2, 0) is 6.54 Å². The Balaban J connectivity index is 2.69. The molecule has 1 aromatic rings. The van der Waals surface area contributed by atoms with E-state index in [1.807, 2.05) is 0 Å². The number of nitrogens with zero attached hydrogens (tertiary/aromatic N) is 2. The topological polar surface area (TPSA) is 117 Å². The molecule has 1 aromatic heterocycles. The first-order valence-electron chi connectivity index (χ1n) is 5.06. The Morgan fingerprint density at radius 3 is 2.81 bits per heavy atom. The van der Waals surface area contributed by atoms with Crippen LogP contribution in [0.5, 0.6) is 0 Å². The molecule has 6 N–H and O–H groups in total. The molecular weight excluding hydrogens is 212 g/mol. The Morgan fingerprint density at radius 1 is 1.56 bits per heavy atom. The zero-order valence-corrected chi connectivity index (χ0v) is 9.17. The SMILES string of the molecule is CC(O)CNc1c(N)cnn1CC(O)CO. The molecule has 0 radical (unpaired) electrons. The first kappa shape index (κ1) is 12.8. The number of nitrogens with two attached hydrogens (primary N) is 1. The molecule has 16 heavy (non-hydrogen) atoms. The highest BCUT2D eigenvalue weighted by molar-refractivity contribution is 5.60. The Labute approximate surface area is 93.5 Å². The van der Waals surface area contributed by atoms with E-state index in [4.69, 9.17) is 15.9 Å². The van der Waals surface area contributed by atoms with E-state index in [-0.39, 0.29) is 13.2 Å². The van der Waals surface area contributed by atoms with Gasteiger partial charge < -0.3 is 26.4 Å². The third kappa shape index (κ3) is 3.37. The molecule has 0 spiro atoms. The summed E-state index contributed by atoms with van der Waals surface area (Å²) in [5, 5.41) is 34.0. The maximum atomic E-state index is 9.29. The molecule has 1 rings (SSSR count). The molecule has 2 atom stereocenters. The van der Waals surface area contributed by atoms with Gasteiger partial charge in [0.05, 0.1) is 37.2 Å². The first-order valence-corrected chi connectivity index (χ1v) is 5.06. The van der Waals surface area contributed by atoms with E-state index in [2.05, 4.69) is 10.4 Å². The van der Waals surface area contributed by atoms with Crippen LogP contribution in [0.15, 0.2) is 6.20 Å². The largest absolute Gasteiger partial charge is 0.394 e. The van der Waals surface area contributed by atoms with Gasteiger partial charge in [-0.25, -0.2) is 4.68 Å². The van der Waals surface area contributed by atoms with Gasteiger partial charge in [0.1, 0.15) is 5.82 Å². The molecular formula is C9H18N4O3. The molecule has 0 fully saturated rings. The van der Waals surface area contributed by atoms with E-state index in [0.29, 0.717) is 18.1 Å². The number of aliphatic hydroxyl groups excluding tert-OH is 3. The third-order valence-electron chi connectivity index (χ3n) is 2.03. The van der Waals surface area contributed by atoms with Crippen LogP contribution in [0.25, 0.3) is 0 Å². The summed E-state index contributed by atoms with van der Waals surface area (Å²) in [5.41, 5.74) is 6.11. The van der Waals surface area contributed by atoms with E-state index >= 15 is 0 Å². The molecule has 0 saturated carbocycles. The number of hydrogen-bond acceptors (Lipinski definition) is 6. The molecule has 2 unspecified atom stereocenters. The monoisotopic (exact) mass is 230 g/mol. The second kappa shape index (κ2) is 5.69. The van der Waals surface area contributed by atoms with Gasteiger partial charge in [-0.1, -0.05) is 0 Å². The summed E-state index contributed by atoms with van der Waals surface area (Å²) in [6.07, 6.45) is 0.0611. The minimum Gasteiger partial charge on any atom is -0.394 e. The van der Waals surface area contributed by atoms with Crippen molar-refractivity contribution in [3.8, 4) is 0 Å². The quantitative estimate of drug-likeness (QED) is 0.411. The highest BCUT2D eigenvalue weighted by Gasteiger charge is 2.12. The highest BCUT2D eigenvalue weighted by Crippen LogP contribution is 2.17. The van der Waals surface area contributed by atoms with Crippen molar-refractivity contribution in [3.63, 3.8) is 0 Å². The minimum absolute atomic E-state index is 0.149. The molecule has 0 aromatic carbocycles. The van der Waals surface area contributed by atoms with Gasteiger partial charge in [0.25, 0.3) is 0 Å². The number of aromatic nitrogens is 2. The molecule has 0 saturated heterocycles. The van der Waals surface area contributed by atoms with Crippen LogP contribution in [0, 0.1) is 0 Å². The summed E-state index contributed by atoms with van der Waals surface area (Å²) in [6.45, 7) is 1.79. The van der Waals surface area contributed by atoms with Gasteiger partial charge in [-0.2, -0.15) is 5.10 Å². The van der Waals surface area contributed by atoms with Gasteiger partial charge in [0, 0.05) is 6.54 Å². The van der Waals surface area contributed by atoms with Crippen LogP contribution >= 0.6 is 0 Å². The van der Waals surface area contributed by atoms with Crippen LogP contribution in [-0.4, -0.2) is 50.5 Å². The van der Waals surface area contributed by atoms with E-state index in [1.165, 1.54) is 10.9 Å². The average Bonchev–Trinajstić information content (AvgIpc) is 2.56. The van der Waals surface area contributed by atoms with Crippen LogP contribution in [0.2, 0.25) is 0 Å². The summed E-state index contributed by atoms with van der Waals surface area (Å²) >= 11 is 0. The molecule has 0 aliphatic rings. The van der Waals surface area contributed by atoms with Crippen LogP contribution in [0.1, 0.15) is 6.92 Å². The zero-order valence-electron chi connectivity index (χ0n) is 9.17. The Kier molecular flexibility index (Phi) is 4.53. The third-order valence-corrected chi connectivity index (χ3v) is 2.03. The van der Waals surface area contributed by atoms with Crippen molar-refractivity contribution in [2.75, 3.05) is 24.2 Å². The average molecular weight is 230 g/mol. The summed E-state index contributed by atoms with van der Waals surface area (Å²) in [5.74, 6) is 0.536. The minimum atomic E-state index is -0.883. The lowest BCUT2D eigenvalue weighted by molar-refractivity contribution is 0.0787. The Morgan fingerprint density at radius 2 is 2.25 bits per heavy atom. The predicted molar refractivity (Wildman–Crippen MR) is 59.9 cm³/mol. The second-order valence-corrected chi connectivity index (χ2v) is 3.70. The van der Waals surface area contributed by atoms with Crippen molar-refractivity contribution in [3.05, 3.63) is 6.20 Å². The number of nitrogens with one attached hydrogen (secondary N) is 1. The van der Waals surface area contributed by atoms with Gasteiger partial charge in [0.2, 0.25) is 0 Å². The maximum Gasteiger partial charge on any atom is 0.147 e. The lowest BCUT2D eigenvalue weighted by Gasteiger charge is -2.13. The van der Waals surface area contributed by atoms with Gasteiger partial charge in [-0.05, 0) is 6.92 Å². The Hall–Kier alpha value is -1.31. The number of anilines is 2. The highest BCUT2D eigenvalue weighted by atomic mass is 16.3. The van der Waals surface area contributed by atoms with Gasteiger partial charge in [0.15, 0.2) is 0 Å². The maximum absolute atomic E-state index is 9.29. The number of hydrogen-bond donors (Lipinski definition) is 5. The number of aliphatic hydroxyl groups is 3. The fourth-order valence-electron chi connectivity index (χ4n) is 1.23. The normalized spacial score (nSPS) is 14.8. The van der Waals surface area contributed by atoms with Crippen molar-refractivity contribution in [2.24, 2.45) is 0 Å². The van der Waals surface area contributed by atoms with Crippen LogP contribution in [0.4, 0.5) is 11.5 Å². The standard InChI is InChI=1S/C9H18N4O3/c1-6(15)2-11-9-8(10)3-12-13(9)4-7(16)5-14/h3,6-7,11,14-16H,2,4-5,10H2,1H3. The second-order valence-electron chi connectivity index (χ2n) is 3.70. The van der Waals surface area contributed by atoms with Gasteiger partial charge >= 0.3 is 0 Å². The lowest BCUT2D eigenvalue weighted by Crippen LogP contribution is -2.24. The summed E-state index contributed by atoms with van der Waals surface area (Å²) in [7, 11) is 0. The lowest BCUT2D eigenvalue weighted by atomic mass is 10.3. The Bertz CT molecular complexity index is 327. The van der Waals surface area contributed by atoms with Crippen LogP contribution in [0.3, 0.4) is 0 Å². The van der Waals surface area contributed by atoms with Crippen molar-refractivity contribution < 1.29 is 15.3 Å². The van der Waals surface area contributed by atoms with Gasteiger partial charge in [-0.3, -0.25) is 0 Å². The van der Waals surface area contributed by atoms with Crippen molar-refractivity contribution in [1.29, 1.82) is 0 Å². The molecule has 1 heterocycles. The molecule has 0 bridgehead atoms. The summed E-state index contributed by atoms with van der Waals surface area (Å²) < 4.78 is 1.46. The molecule has 0 aliphatic carbocycles. The van der Waals surface area contributed by atoms with Crippen molar-refractivity contribution >= 4 is 11.5 Å². The van der Waals surface area contributed by atoms with E-state index in [0.717, 1.165) is 0 Å². The molecule has 0 aliphatic heterocycles. The van der Waals surface area contributed by atoms with Crippen molar-refractivity contribution in [1.82, 2.24) is 9.78 Å². The van der Waals surface area contributed by atoms with Gasteiger partial charge in [-0.15, -0.1) is 0 Å². The summed E-state index contributed by atoms with van der Waals surface area (Å²) in [4.78, 5) is 0. The number of rotatable bonds is 6. The zero-order chi connectivity index (χ0) is 12.1. The van der Waals surface area contributed by atoms with E-state index in [1.54, 1.807) is 6.92 Å². The molecule has 92 valence electrons. The molecule has 7 nitrogen and oxygen atoms in total. The fourth-order valence-corrected chi connectivity index (χ4v) is 1.23. The van der Waals surface area contributed by atoms with E-state index < -0.39 is 12.2 Å². The molecule has 0 amide bonds. The first-order chi connectivity index (χ1) is 7.54. The van der Waals surface area contributed by atoms with Crippen LogP contribution < -0.4 is 11.1 Å². The molecule has 7 heteroatoms. The fraction of sp³-hybridized carbons (Fsp3) is 0.667. The smallest absolute Gasteiger partial charge is 0.147 e. The summed E-state index contributed by atoms with van der Waals surface area (Å²) in [6, 6.07) is 0. The number of nitrogen functional groups attached to an aromatic ring is 1. The predicted octanol–water partition coefficient (Wildman–Crippen LogP) is -1.39. The van der Waals surface area contributed by atoms with Crippen molar-refractivity contribution in [2.45, 2.75) is 25.7 Å².